The van der Waals surface area contributed by atoms with Crippen molar-refractivity contribution < 1.29 is 22.7 Å². The number of carbonyl (C=O) groups is 1. The molecule has 0 spiro atoms. The van der Waals surface area contributed by atoms with Crippen LogP contribution < -0.4 is 15.4 Å². The Balaban J connectivity index is 1.71. The summed E-state index contributed by atoms with van der Waals surface area (Å²) in [6.45, 7) is 1.70. The zero-order valence-corrected chi connectivity index (χ0v) is 16.6. The standard InChI is InChI=1S/C21H18F3N5O2/c1-12-17(19(30)28-15-5-3-4-14(10-15)21(22,23)24)18(29-20(27-12)25-11-26-29)13-6-8-16(31-2)9-7-13/h3-11,18H,1-2H3,(H,28,30)(H,25,26,27)/t18-/m1/s1. The number of carbonyl (C=O) groups excluding carboxylic acids is 1. The van der Waals surface area contributed by atoms with Crippen LogP contribution in [0.15, 0.2) is 66.1 Å². The van der Waals surface area contributed by atoms with Crippen molar-refractivity contribution >= 4 is 17.5 Å². The van der Waals surface area contributed by atoms with Crippen molar-refractivity contribution in [3.63, 3.8) is 0 Å². The molecule has 2 heterocycles. The van der Waals surface area contributed by atoms with Gasteiger partial charge in [0.05, 0.1) is 18.2 Å². The number of hydrogen-bond acceptors (Lipinski definition) is 5. The van der Waals surface area contributed by atoms with Crippen LogP contribution in [0.5, 0.6) is 5.75 Å². The van der Waals surface area contributed by atoms with Gasteiger partial charge in [-0.05, 0) is 42.8 Å². The second-order valence-electron chi connectivity index (χ2n) is 6.90. The molecular weight excluding hydrogens is 411 g/mol. The summed E-state index contributed by atoms with van der Waals surface area (Å²) in [5.74, 6) is 0.549. The number of halogens is 3. The topological polar surface area (TPSA) is 81.1 Å². The molecule has 31 heavy (non-hydrogen) atoms. The molecule has 1 aromatic heterocycles. The molecule has 2 N–H and O–H groups in total. The number of ether oxygens (including phenoxy) is 1. The van der Waals surface area contributed by atoms with Gasteiger partial charge in [-0.3, -0.25) is 4.79 Å². The third kappa shape index (κ3) is 3.96. The Morgan fingerprint density at radius 1 is 1.19 bits per heavy atom. The molecule has 0 saturated carbocycles. The molecule has 7 nitrogen and oxygen atoms in total. The third-order valence-corrected chi connectivity index (χ3v) is 4.92. The Bertz CT molecular complexity index is 1150. The van der Waals surface area contributed by atoms with E-state index >= 15 is 0 Å². The zero-order chi connectivity index (χ0) is 22.2. The minimum absolute atomic E-state index is 0.0398. The predicted molar refractivity (Wildman–Crippen MR) is 108 cm³/mol. The van der Waals surface area contributed by atoms with E-state index in [9.17, 15) is 18.0 Å². The van der Waals surface area contributed by atoms with Crippen LogP contribution in [0.25, 0.3) is 0 Å². The lowest BCUT2D eigenvalue weighted by Crippen LogP contribution is -2.31. The van der Waals surface area contributed by atoms with Crippen LogP contribution in [0.1, 0.15) is 24.1 Å². The number of benzene rings is 2. The molecule has 0 saturated heterocycles. The van der Waals surface area contributed by atoms with Crippen LogP contribution in [0.2, 0.25) is 0 Å². The third-order valence-electron chi connectivity index (χ3n) is 4.92. The summed E-state index contributed by atoms with van der Waals surface area (Å²) in [4.78, 5) is 17.4. The van der Waals surface area contributed by atoms with Crippen molar-refractivity contribution in [1.29, 1.82) is 0 Å². The first-order valence-corrected chi connectivity index (χ1v) is 9.28. The van der Waals surface area contributed by atoms with E-state index in [1.165, 1.54) is 18.5 Å². The molecule has 0 radical (unpaired) electrons. The smallest absolute Gasteiger partial charge is 0.416 e. The van der Waals surface area contributed by atoms with Crippen molar-refractivity contribution in [2.24, 2.45) is 0 Å². The SMILES string of the molecule is COc1ccc([C@@H]2C(C(=O)Nc3cccc(C(F)(F)F)c3)=C(C)Nc3ncnn32)cc1. The van der Waals surface area contributed by atoms with E-state index in [0.29, 0.717) is 23.0 Å². The molecule has 0 unspecified atom stereocenters. The predicted octanol–water partition coefficient (Wildman–Crippen LogP) is 4.23. The summed E-state index contributed by atoms with van der Waals surface area (Å²) >= 11 is 0. The van der Waals surface area contributed by atoms with Gasteiger partial charge in [-0.1, -0.05) is 18.2 Å². The number of nitrogens with one attached hydrogen (secondary N) is 2. The number of rotatable bonds is 4. The Hall–Kier alpha value is -3.82. The summed E-state index contributed by atoms with van der Waals surface area (Å²) in [7, 11) is 1.55. The van der Waals surface area contributed by atoms with E-state index in [2.05, 4.69) is 20.7 Å². The number of aromatic nitrogens is 3. The van der Waals surface area contributed by atoms with E-state index in [1.54, 1.807) is 43.0 Å². The second-order valence-corrected chi connectivity index (χ2v) is 6.90. The van der Waals surface area contributed by atoms with Crippen molar-refractivity contribution in [3.05, 3.63) is 77.3 Å². The van der Waals surface area contributed by atoms with Gasteiger partial charge in [0, 0.05) is 11.4 Å². The summed E-state index contributed by atoms with van der Waals surface area (Å²) in [6.07, 6.45) is -3.15. The summed E-state index contributed by atoms with van der Waals surface area (Å²) < 4.78 is 45.9. The monoisotopic (exact) mass is 429 g/mol. The quantitative estimate of drug-likeness (QED) is 0.649. The minimum Gasteiger partial charge on any atom is -0.497 e. The van der Waals surface area contributed by atoms with Crippen LogP contribution in [0.4, 0.5) is 24.8 Å². The maximum Gasteiger partial charge on any atom is 0.416 e. The van der Waals surface area contributed by atoms with E-state index < -0.39 is 23.7 Å². The molecule has 1 amide bonds. The number of alkyl halides is 3. The van der Waals surface area contributed by atoms with E-state index in [0.717, 1.165) is 17.7 Å². The lowest BCUT2D eigenvalue weighted by molar-refractivity contribution is -0.137. The van der Waals surface area contributed by atoms with Crippen LogP contribution in [0, 0.1) is 0 Å². The fourth-order valence-electron chi connectivity index (χ4n) is 3.45. The van der Waals surface area contributed by atoms with E-state index in [-0.39, 0.29) is 5.69 Å². The first-order valence-electron chi connectivity index (χ1n) is 9.28. The zero-order valence-electron chi connectivity index (χ0n) is 16.6. The van der Waals surface area contributed by atoms with Gasteiger partial charge in [0.25, 0.3) is 5.91 Å². The lowest BCUT2D eigenvalue weighted by Gasteiger charge is -2.28. The van der Waals surface area contributed by atoms with Gasteiger partial charge in [0.1, 0.15) is 18.1 Å². The number of hydrogen-bond donors (Lipinski definition) is 2. The highest BCUT2D eigenvalue weighted by Crippen LogP contribution is 2.36. The van der Waals surface area contributed by atoms with E-state index in [4.69, 9.17) is 4.74 Å². The molecule has 0 bridgehead atoms. The lowest BCUT2D eigenvalue weighted by atomic mass is 9.95. The number of nitrogens with zero attached hydrogens (tertiary/aromatic N) is 3. The first kappa shape index (κ1) is 20.5. The van der Waals surface area contributed by atoms with Gasteiger partial charge >= 0.3 is 6.18 Å². The van der Waals surface area contributed by atoms with Gasteiger partial charge in [0.2, 0.25) is 5.95 Å². The molecule has 1 aliphatic heterocycles. The number of amides is 1. The Labute approximate surface area is 175 Å². The molecule has 1 aliphatic rings. The maximum atomic E-state index is 13.2. The van der Waals surface area contributed by atoms with Crippen LogP contribution >= 0.6 is 0 Å². The highest BCUT2D eigenvalue weighted by molar-refractivity contribution is 6.06. The summed E-state index contributed by atoms with van der Waals surface area (Å²) in [6, 6.07) is 11.0. The molecule has 2 aromatic carbocycles. The Kier molecular flexibility index (Phi) is 5.14. The molecular formula is C21H18F3N5O2. The van der Waals surface area contributed by atoms with Gasteiger partial charge in [-0.25, -0.2) is 4.68 Å². The molecule has 1 atom stereocenters. The van der Waals surface area contributed by atoms with Gasteiger partial charge in [0.15, 0.2) is 0 Å². The number of anilines is 2. The van der Waals surface area contributed by atoms with Crippen LogP contribution in [-0.2, 0) is 11.0 Å². The number of fused-ring (bicyclic) bond motifs is 1. The summed E-state index contributed by atoms with van der Waals surface area (Å²) in [5.41, 5.74) is 0.759. The largest absolute Gasteiger partial charge is 0.497 e. The first-order chi connectivity index (χ1) is 14.8. The fraction of sp³-hybridized carbons (Fsp3) is 0.190. The Morgan fingerprint density at radius 3 is 2.61 bits per heavy atom. The second kappa shape index (κ2) is 7.78. The molecule has 4 rings (SSSR count). The van der Waals surface area contributed by atoms with Crippen molar-refractivity contribution in [3.8, 4) is 5.75 Å². The van der Waals surface area contributed by atoms with E-state index in [1.807, 2.05) is 0 Å². The van der Waals surface area contributed by atoms with Gasteiger partial charge in [-0.2, -0.15) is 23.3 Å². The van der Waals surface area contributed by atoms with Crippen molar-refractivity contribution in [2.45, 2.75) is 19.1 Å². The van der Waals surface area contributed by atoms with Gasteiger partial charge < -0.3 is 15.4 Å². The molecule has 3 aromatic rings. The minimum atomic E-state index is -4.51. The number of methoxy groups -OCH3 is 1. The highest BCUT2D eigenvalue weighted by Gasteiger charge is 2.34. The van der Waals surface area contributed by atoms with Crippen molar-refractivity contribution in [1.82, 2.24) is 14.8 Å². The number of allylic oxidation sites excluding steroid dienone is 1. The Morgan fingerprint density at radius 2 is 1.94 bits per heavy atom. The average Bonchev–Trinajstić information content (AvgIpc) is 3.20. The van der Waals surface area contributed by atoms with Crippen LogP contribution in [-0.4, -0.2) is 27.8 Å². The average molecular weight is 429 g/mol. The maximum absolute atomic E-state index is 13.2. The van der Waals surface area contributed by atoms with Crippen molar-refractivity contribution in [2.75, 3.05) is 17.7 Å². The molecule has 160 valence electrons. The van der Waals surface area contributed by atoms with Gasteiger partial charge in [-0.15, -0.1) is 0 Å². The fourth-order valence-corrected chi connectivity index (χ4v) is 3.45. The highest BCUT2D eigenvalue weighted by atomic mass is 19.4. The van der Waals surface area contributed by atoms with Crippen LogP contribution in [0.3, 0.4) is 0 Å². The summed E-state index contributed by atoms with van der Waals surface area (Å²) in [5, 5.41) is 9.82. The molecule has 0 aliphatic carbocycles. The molecule has 10 heteroatoms. The molecule has 0 fully saturated rings. The normalized spacial score (nSPS) is 15.8.